The van der Waals surface area contributed by atoms with Gasteiger partial charge in [0.1, 0.15) is 0 Å². The molecule has 0 bridgehead atoms. The number of rotatable bonds is 1. The van der Waals surface area contributed by atoms with Crippen LogP contribution in [0.3, 0.4) is 0 Å². The number of halogens is 2. The van der Waals surface area contributed by atoms with Crippen molar-refractivity contribution in [3.8, 4) is 11.4 Å². The van der Waals surface area contributed by atoms with Gasteiger partial charge < -0.3 is 0 Å². The van der Waals surface area contributed by atoms with Crippen molar-refractivity contribution in [2.75, 3.05) is 0 Å². The van der Waals surface area contributed by atoms with Gasteiger partial charge in [0.15, 0.2) is 11.5 Å². The maximum atomic E-state index is 4.27. The molecule has 0 atom stereocenters. The lowest BCUT2D eigenvalue weighted by atomic mass is 10.1. The molecule has 0 saturated heterocycles. The van der Waals surface area contributed by atoms with Crippen LogP contribution < -0.4 is 0 Å². The minimum Gasteiger partial charge on any atom is -0.281 e. The van der Waals surface area contributed by atoms with Gasteiger partial charge >= 0.3 is 0 Å². The topological polar surface area (TPSA) is 30.2 Å². The van der Waals surface area contributed by atoms with E-state index in [-0.39, 0.29) is 0 Å². The Morgan fingerprint density at radius 3 is 2.56 bits per heavy atom. The van der Waals surface area contributed by atoms with E-state index < -0.39 is 0 Å². The molecule has 5 heteroatoms. The summed E-state index contributed by atoms with van der Waals surface area (Å²) in [6.45, 7) is 2.07. The van der Waals surface area contributed by atoms with Gasteiger partial charge in [0.05, 0.1) is 0 Å². The highest BCUT2D eigenvalue weighted by Crippen LogP contribution is 2.26. The average molecular weight is 367 g/mol. The van der Waals surface area contributed by atoms with Crippen LogP contribution >= 0.6 is 31.9 Å². The smallest absolute Gasteiger partial charge is 0.168 e. The van der Waals surface area contributed by atoms with Crippen molar-refractivity contribution in [3.05, 3.63) is 51.0 Å². The molecule has 3 nitrogen and oxygen atoms in total. The molecule has 0 radical (unpaired) electrons. The molecule has 0 aliphatic carbocycles. The van der Waals surface area contributed by atoms with Gasteiger partial charge in [0.25, 0.3) is 0 Å². The van der Waals surface area contributed by atoms with Gasteiger partial charge in [-0.05, 0) is 58.7 Å². The van der Waals surface area contributed by atoms with Crippen LogP contribution in [0.25, 0.3) is 17.0 Å². The molecule has 0 spiro atoms. The van der Waals surface area contributed by atoms with Gasteiger partial charge in [-0.1, -0.05) is 15.9 Å². The summed E-state index contributed by atoms with van der Waals surface area (Å²) in [6, 6.07) is 10.0. The number of fused-ring (bicyclic) bond motifs is 1. The predicted octanol–water partition coefficient (Wildman–Crippen LogP) is 4.23. The normalized spacial score (nSPS) is 11.1. The molecule has 0 N–H and O–H groups in total. The van der Waals surface area contributed by atoms with Gasteiger partial charge in [0, 0.05) is 20.7 Å². The first-order valence-corrected chi connectivity index (χ1v) is 7.00. The molecule has 0 fully saturated rings. The van der Waals surface area contributed by atoms with E-state index in [2.05, 4.69) is 61.1 Å². The second-order valence-corrected chi connectivity index (χ2v) is 5.89. The molecule has 2 heterocycles. The first-order chi connectivity index (χ1) is 8.65. The zero-order valence-corrected chi connectivity index (χ0v) is 12.7. The summed E-state index contributed by atoms with van der Waals surface area (Å²) in [6.07, 6.45) is 1.98. The van der Waals surface area contributed by atoms with Gasteiger partial charge in [-0.3, -0.25) is 4.40 Å². The molecule has 18 heavy (non-hydrogen) atoms. The van der Waals surface area contributed by atoms with Crippen LogP contribution in [-0.4, -0.2) is 14.6 Å². The Kier molecular flexibility index (Phi) is 2.95. The molecule has 2 aromatic heterocycles. The second-order valence-electron chi connectivity index (χ2n) is 4.06. The predicted molar refractivity (Wildman–Crippen MR) is 78.6 cm³/mol. The van der Waals surface area contributed by atoms with Crippen molar-refractivity contribution in [1.82, 2.24) is 14.6 Å². The molecule has 1 aromatic carbocycles. The second kappa shape index (κ2) is 4.48. The molecule has 0 unspecified atom stereocenters. The van der Waals surface area contributed by atoms with Gasteiger partial charge in [-0.25, -0.2) is 0 Å². The lowest BCUT2D eigenvalue weighted by molar-refractivity contribution is 1.10. The van der Waals surface area contributed by atoms with Crippen LogP contribution in [0.4, 0.5) is 0 Å². The third-order valence-corrected chi connectivity index (χ3v) is 3.76. The molecule has 0 saturated carbocycles. The van der Waals surface area contributed by atoms with E-state index in [1.165, 1.54) is 5.56 Å². The number of hydrogen-bond acceptors (Lipinski definition) is 2. The van der Waals surface area contributed by atoms with E-state index in [9.17, 15) is 0 Å². The van der Waals surface area contributed by atoms with Crippen LogP contribution in [0.15, 0.2) is 45.5 Å². The zero-order valence-electron chi connectivity index (χ0n) is 9.56. The Hall–Kier alpha value is -1.20. The fourth-order valence-electron chi connectivity index (χ4n) is 1.93. The van der Waals surface area contributed by atoms with Crippen LogP contribution in [0.1, 0.15) is 5.56 Å². The largest absolute Gasteiger partial charge is 0.281 e. The average Bonchev–Trinajstić information content (AvgIpc) is 2.72. The van der Waals surface area contributed by atoms with E-state index in [0.29, 0.717) is 0 Å². The number of benzene rings is 1. The lowest BCUT2D eigenvalue weighted by Crippen LogP contribution is -1.91. The number of hydrogen-bond donors (Lipinski definition) is 0. The van der Waals surface area contributed by atoms with E-state index in [1.54, 1.807) is 0 Å². The Balaban J connectivity index is 2.28. The Morgan fingerprint density at radius 1 is 1.00 bits per heavy atom. The maximum absolute atomic E-state index is 4.27. The van der Waals surface area contributed by atoms with Crippen molar-refractivity contribution >= 4 is 37.5 Å². The summed E-state index contributed by atoms with van der Waals surface area (Å²) in [5, 5.41) is 8.45. The highest BCUT2D eigenvalue weighted by molar-refractivity contribution is 9.10. The highest BCUT2D eigenvalue weighted by Gasteiger charge is 2.10. The minimum absolute atomic E-state index is 0.843. The Morgan fingerprint density at radius 2 is 1.78 bits per heavy atom. The van der Waals surface area contributed by atoms with Crippen molar-refractivity contribution in [1.29, 1.82) is 0 Å². The molecule has 0 aliphatic rings. The number of aryl methyl sites for hydroxylation is 1. The summed E-state index contributed by atoms with van der Waals surface area (Å²) < 4.78 is 4.06. The standard InChI is InChI=1S/C13H9Br2N3/c1-8-6-9(14)2-4-11(8)13-17-16-12-5-3-10(15)7-18(12)13/h2-7H,1H3. The number of aromatic nitrogens is 3. The monoisotopic (exact) mass is 365 g/mol. The molecular formula is C13H9Br2N3. The summed E-state index contributed by atoms with van der Waals surface area (Å²) in [5.74, 6) is 0.858. The van der Waals surface area contributed by atoms with Gasteiger partial charge in [-0.2, -0.15) is 0 Å². The highest BCUT2D eigenvalue weighted by atomic mass is 79.9. The third kappa shape index (κ3) is 1.97. The quantitative estimate of drug-likeness (QED) is 0.645. The van der Waals surface area contributed by atoms with Crippen LogP contribution in [0.5, 0.6) is 0 Å². The van der Waals surface area contributed by atoms with Crippen molar-refractivity contribution < 1.29 is 0 Å². The van der Waals surface area contributed by atoms with E-state index in [0.717, 1.165) is 26.0 Å². The molecule has 3 rings (SSSR count). The van der Waals surface area contributed by atoms with Crippen molar-refractivity contribution in [3.63, 3.8) is 0 Å². The van der Waals surface area contributed by atoms with E-state index >= 15 is 0 Å². The SMILES string of the molecule is Cc1cc(Br)ccc1-c1nnc2ccc(Br)cn12. The van der Waals surface area contributed by atoms with Crippen molar-refractivity contribution in [2.45, 2.75) is 6.92 Å². The molecule has 0 aliphatic heterocycles. The first kappa shape index (κ1) is 11.9. The summed E-state index contributed by atoms with van der Waals surface area (Å²) in [5.41, 5.74) is 3.10. The minimum atomic E-state index is 0.843. The van der Waals surface area contributed by atoms with Gasteiger partial charge in [-0.15, -0.1) is 10.2 Å². The number of nitrogens with zero attached hydrogens (tertiary/aromatic N) is 3. The first-order valence-electron chi connectivity index (χ1n) is 5.42. The molecule has 90 valence electrons. The number of pyridine rings is 1. The summed E-state index contributed by atoms with van der Waals surface area (Å²) in [7, 11) is 0. The van der Waals surface area contributed by atoms with E-state index in [4.69, 9.17) is 0 Å². The third-order valence-electron chi connectivity index (χ3n) is 2.80. The fraction of sp³-hybridized carbons (Fsp3) is 0.0769. The zero-order chi connectivity index (χ0) is 12.7. The van der Waals surface area contributed by atoms with Crippen LogP contribution in [0.2, 0.25) is 0 Å². The summed E-state index contributed by atoms with van der Waals surface area (Å²) >= 11 is 6.94. The van der Waals surface area contributed by atoms with Crippen LogP contribution in [-0.2, 0) is 0 Å². The maximum Gasteiger partial charge on any atom is 0.168 e. The van der Waals surface area contributed by atoms with Gasteiger partial charge in [0.2, 0.25) is 0 Å². The van der Waals surface area contributed by atoms with Crippen LogP contribution in [0, 0.1) is 6.92 Å². The molecular weight excluding hydrogens is 358 g/mol. The lowest BCUT2D eigenvalue weighted by Gasteiger charge is -2.05. The Bertz CT molecular complexity index is 734. The molecule has 3 aromatic rings. The Labute approximate surface area is 121 Å². The fourth-order valence-corrected chi connectivity index (χ4v) is 2.74. The van der Waals surface area contributed by atoms with E-state index in [1.807, 2.05) is 28.8 Å². The summed E-state index contributed by atoms with van der Waals surface area (Å²) in [4.78, 5) is 0. The van der Waals surface area contributed by atoms with Crippen molar-refractivity contribution in [2.24, 2.45) is 0 Å². The molecule has 0 amide bonds.